The summed E-state index contributed by atoms with van der Waals surface area (Å²) in [5.74, 6) is -4.87. The van der Waals surface area contributed by atoms with Crippen molar-refractivity contribution < 1.29 is 22.0 Å². The molecule has 0 fully saturated rings. The van der Waals surface area contributed by atoms with Gasteiger partial charge in [-0.05, 0) is 0 Å². The molecule has 74 valence electrons. The normalized spacial score (nSPS) is 13.3. The number of hydrogen-bond donors (Lipinski definition) is 1. The molecule has 2 N–H and O–H groups in total. The van der Waals surface area contributed by atoms with Gasteiger partial charge in [-0.25, -0.2) is 4.98 Å². The molecule has 13 heavy (non-hydrogen) atoms. The highest BCUT2D eigenvalue weighted by molar-refractivity contribution is 7.15. The van der Waals surface area contributed by atoms with Gasteiger partial charge in [-0.3, -0.25) is 0 Å². The van der Waals surface area contributed by atoms with Crippen molar-refractivity contribution in [2.75, 3.05) is 5.73 Å². The fraction of sp³-hybridized carbons (Fsp3) is 0.400. The van der Waals surface area contributed by atoms with E-state index in [1.165, 1.54) is 0 Å². The van der Waals surface area contributed by atoms with E-state index in [0.29, 0.717) is 6.20 Å². The molecular weight excluding hydrogens is 215 g/mol. The highest BCUT2D eigenvalue weighted by Crippen LogP contribution is 2.45. The summed E-state index contributed by atoms with van der Waals surface area (Å²) in [6, 6.07) is 0. The lowest BCUT2D eigenvalue weighted by molar-refractivity contribution is -0.287. The third kappa shape index (κ3) is 1.71. The van der Waals surface area contributed by atoms with Crippen molar-refractivity contribution in [1.29, 1.82) is 0 Å². The highest BCUT2D eigenvalue weighted by Gasteiger charge is 2.59. The Morgan fingerprint density at radius 2 is 1.77 bits per heavy atom. The molecule has 2 nitrogen and oxygen atoms in total. The topological polar surface area (TPSA) is 38.9 Å². The fourth-order valence-electron chi connectivity index (χ4n) is 0.572. The van der Waals surface area contributed by atoms with Crippen molar-refractivity contribution in [2.45, 2.75) is 12.1 Å². The molecule has 0 spiro atoms. The van der Waals surface area contributed by atoms with E-state index in [9.17, 15) is 22.0 Å². The molecule has 0 bridgehead atoms. The second-order valence-corrected chi connectivity index (χ2v) is 3.20. The molecule has 1 aromatic heterocycles. The van der Waals surface area contributed by atoms with Crippen LogP contribution in [0.5, 0.6) is 0 Å². The average Bonchev–Trinajstić information content (AvgIpc) is 2.33. The van der Waals surface area contributed by atoms with Crippen molar-refractivity contribution in [1.82, 2.24) is 4.98 Å². The minimum atomic E-state index is -5.61. The number of nitrogens with two attached hydrogens (primary N) is 1. The zero-order valence-corrected chi connectivity index (χ0v) is 6.72. The number of anilines is 1. The van der Waals surface area contributed by atoms with E-state index in [1.54, 1.807) is 0 Å². The molecule has 0 unspecified atom stereocenters. The Bertz CT molecular complexity index is 304. The molecule has 1 heterocycles. The Morgan fingerprint density at radius 1 is 1.23 bits per heavy atom. The molecule has 0 aromatic carbocycles. The Hall–Kier alpha value is -0.920. The van der Waals surface area contributed by atoms with Crippen molar-refractivity contribution in [3.63, 3.8) is 0 Å². The minimum Gasteiger partial charge on any atom is -0.375 e. The van der Waals surface area contributed by atoms with Crippen LogP contribution in [0.25, 0.3) is 0 Å². The number of thiazole rings is 1. The molecule has 0 aliphatic carbocycles. The van der Waals surface area contributed by atoms with Crippen molar-refractivity contribution in [3.05, 3.63) is 11.1 Å². The quantitative estimate of drug-likeness (QED) is 0.735. The maximum Gasteiger partial charge on any atom is 0.459 e. The number of alkyl halides is 5. The van der Waals surface area contributed by atoms with Crippen LogP contribution < -0.4 is 5.73 Å². The van der Waals surface area contributed by atoms with Gasteiger partial charge >= 0.3 is 12.1 Å². The molecular formula is C5H3F5N2S. The van der Waals surface area contributed by atoms with Gasteiger partial charge in [-0.2, -0.15) is 22.0 Å². The summed E-state index contributed by atoms with van der Waals surface area (Å²) >= 11 is 0.118. The standard InChI is InChI=1S/C5H3F5N2S/c6-4(7,5(8,9)10)2-1-12-3(11)13-2/h1H,(H2,11,12). The number of halogens is 5. The fourth-order valence-corrected chi connectivity index (χ4v) is 1.25. The summed E-state index contributed by atoms with van der Waals surface area (Å²) < 4.78 is 60.1. The molecule has 8 heteroatoms. The van der Waals surface area contributed by atoms with E-state index in [-0.39, 0.29) is 16.5 Å². The summed E-state index contributed by atoms with van der Waals surface area (Å²) in [6.07, 6.45) is -5.18. The number of aromatic nitrogens is 1. The van der Waals surface area contributed by atoms with Gasteiger partial charge in [0.1, 0.15) is 4.88 Å². The molecule has 0 saturated heterocycles. The van der Waals surface area contributed by atoms with Gasteiger partial charge in [0.25, 0.3) is 0 Å². The first kappa shape index (κ1) is 10.2. The predicted octanol–water partition coefficient (Wildman–Crippen LogP) is 2.38. The van der Waals surface area contributed by atoms with Crippen LogP contribution in [0.2, 0.25) is 0 Å². The maximum atomic E-state index is 12.5. The smallest absolute Gasteiger partial charge is 0.375 e. The summed E-state index contributed by atoms with van der Waals surface area (Å²) in [6.45, 7) is 0. The lowest BCUT2D eigenvalue weighted by Crippen LogP contribution is -2.32. The molecule has 0 saturated carbocycles. The average molecular weight is 218 g/mol. The number of rotatable bonds is 1. The van der Waals surface area contributed by atoms with Gasteiger partial charge in [-0.1, -0.05) is 11.3 Å². The molecule has 0 radical (unpaired) electrons. The molecule has 0 amide bonds. The predicted molar refractivity (Wildman–Crippen MR) is 36.5 cm³/mol. The van der Waals surface area contributed by atoms with Crippen molar-refractivity contribution in [2.24, 2.45) is 0 Å². The van der Waals surface area contributed by atoms with Gasteiger partial charge in [0, 0.05) is 6.20 Å². The number of nitrogen functional groups attached to an aromatic ring is 1. The van der Waals surface area contributed by atoms with Crippen LogP contribution in [-0.2, 0) is 5.92 Å². The Morgan fingerprint density at radius 3 is 2.08 bits per heavy atom. The van der Waals surface area contributed by atoms with E-state index in [4.69, 9.17) is 5.73 Å². The second kappa shape index (κ2) is 2.79. The van der Waals surface area contributed by atoms with Crippen LogP contribution in [0.15, 0.2) is 6.20 Å². The van der Waals surface area contributed by atoms with Crippen molar-refractivity contribution >= 4 is 16.5 Å². The van der Waals surface area contributed by atoms with E-state index in [1.807, 2.05) is 0 Å². The molecule has 0 aliphatic rings. The molecule has 1 rings (SSSR count). The first-order chi connectivity index (χ1) is 5.75. The minimum absolute atomic E-state index is 0.118. The van der Waals surface area contributed by atoms with Crippen LogP contribution in [0.1, 0.15) is 4.88 Å². The third-order valence-electron chi connectivity index (χ3n) is 1.19. The highest BCUT2D eigenvalue weighted by atomic mass is 32.1. The van der Waals surface area contributed by atoms with Crippen LogP contribution in [-0.4, -0.2) is 11.2 Å². The Balaban J connectivity index is 3.07. The largest absolute Gasteiger partial charge is 0.459 e. The van der Waals surface area contributed by atoms with Crippen LogP contribution in [0.3, 0.4) is 0 Å². The molecule has 0 atom stereocenters. The number of nitrogens with zero attached hydrogens (tertiary/aromatic N) is 1. The van der Waals surface area contributed by atoms with E-state index >= 15 is 0 Å². The van der Waals surface area contributed by atoms with E-state index in [0.717, 1.165) is 0 Å². The van der Waals surface area contributed by atoms with Gasteiger partial charge in [0.15, 0.2) is 5.13 Å². The lowest BCUT2D eigenvalue weighted by atomic mass is 10.3. The first-order valence-corrected chi connectivity index (χ1v) is 3.73. The molecule has 1 aromatic rings. The summed E-state index contributed by atoms with van der Waals surface area (Å²) in [5.41, 5.74) is 4.93. The summed E-state index contributed by atoms with van der Waals surface area (Å²) in [7, 11) is 0. The van der Waals surface area contributed by atoms with Gasteiger partial charge in [-0.15, -0.1) is 0 Å². The van der Waals surface area contributed by atoms with Crippen LogP contribution in [0, 0.1) is 0 Å². The van der Waals surface area contributed by atoms with Gasteiger partial charge in [0.2, 0.25) is 0 Å². The first-order valence-electron chi connectivity index (χ1n) is 2.91. The Kier molecular flexibility index (Phi) is 2.18. The lowest BCUT2D eigenvalue weighted by Gasteiger charge is -2.16. The van der Waals surface area contributed by atoms with Gasteiger partial charge in [0.05, 0.1) is 0 Å². The second-order valence-electron chi connectivity index (χ2n) is 2.13. The van der Waals surface area contributed by atoms with Crippen LogP contribution in [0.4, 0.5) is 27.1 Å². The maximum absolute atomic E-state index is 12.5. The summed E-state index contributed by atoms with van der Waals surface area (Å²) in [5, 5.41) is -0.320. The van der Waals surface area contributed by atoms with Crippen LogP contribution >= 0.6 is 11.3 Å². The summed E-state index contributed by atoms with van der Waals surface area (Å²) in [4.78, 5) is 1.92. The monoisotopic (exact) mass is 218 g/mol. The number of hydrogen-bond acceptors (Lipinski definition) is 3. The zero-order chi connectivity index (χ0) is 10.3. The van der Waals surface area contributed by atoms with Crippen molar-refractivity contribution in [3.8, 4) is 0 Å². The SMILES string of the molecule is Nc1ncc(C(F)(F)C(F)(F)F)s1. The zero-order valence-electron chi connectivity index (χ0n) is 5.90. The van der Waals surface area contributed by atoms with E-state index in [2.05, 4.69) is 4.98 Å². The molecule has 0 aliphatic heterocycles. The Labute approximate surface area is 73.2 Å². The van der Waals surface area contributed by atoms with E-state index < -0.39 is 17.0 Å². The third-order valence-corrected chi connectivity index (χ3v) is 2.09. The van der Waals surface area contributed by atoms with Gasteiger partial charge < -0.3 is 5.73 Å².